The highest BCUT2D eigenvalue weighted by molar-refractivity contribution is 6.48. The fourth-order valence-electron chi connectivity index (χ4n) is 2.31. The summed E-state index contributed by atoms with van der Waals surface area (Å²) in [6.45, 7) is 8.26. The minimum absolute atomic E-state index is 0.0579. The van der Waals surface area contributed by atoms with E-state index < -0.39 is 8.67 Å². The van der Waals surface area contributed by atoms with Gasteiger partial charge in [0.1, 0.15) is 8.67 Å². The van der Waals surface area contributed by atoms with Crippen LogP contribution in [0.15, 0.2) is 0 Å². The molecule has 0 fully saturated rings. The predicted octanol–water partition coefficient (Wildman–Crippen LogP) is 7.29. The fourth-order valence-corrected chi connectivity index (χ4v) is 3.00. The van der Waals surface area contributed by atoms with E-state index in [1.54, 1.807) is 0 Å². The van der Waals surface area contributed by atoms with Gasteiger partial charge in [0.05, 0.1) is 12.2 Å². The first-order chi connectivity index (χ1) is 9.69. The van der Waals surface area contributed by atoms with E-state index in [1.165, 1.54) is 0 Å². The second kappa shape index (κ2) is 10.8. The smallest absolute Gasteiger partial charge is 0.120 e. The molecule has 2 unspecified atom stereocenters. The molecular weight excluding hydrogens is 350 g/mol. The third-order valence-electron chi connectivity index (χ3n) is 3.69. The Bertz CT molecular complexity index is 243. The van der Waals surface area contributed by atoms with Crippen molar-refractivity contribution in [3.8, 4) is 0 Å². The fraction of sp³-hybridized carbons (Fsp3) is 1.00. The van der Waals surface area contributed by atoms with E-state index in [1.807, 2.05) is 13.8 Å². The summed E-state index contributed by atoms with van der Waals surface area (Å²) in [4.78, 5) is 0. The highest BCUT2D eigenvalue weighted by Crippen LogP contribution is 2.36. The quantitative estimate of drug-likeness (QED) is 0.323. The molecule has 0 aliphatic rings. The van der Waals surface area contributed by atoms with E-state index in [0.29, 0.717) is 25.7 Å². The maximum absolute atomic E-state index is 6.31. The normalized spacial score (nSPS) is 16.0. The third kappa shape index (κ3) is 10.5. The molecule has 0 saturated heterocycles. The molecule has 5 heteroatoms. The van der Waals surface area contributed by atoms with Gasteiger partial charge in [-0.2, -0.15) is 0 Å². The van der Waals surface area contributed by atoms with Crippen LogP contribution >= 0.6 is 46.4 Å². The zero-order chi connectivity index (χ0) is 16.5. The van der Waals surface area contributed by atoms with Gasteiger partial charge in [0, 0.05) is 12.8 Å². The van der Waals surface area contributed by atoms with Crippen LogP contribution in [0.4, 0.5) is 0 Å². The number of alkyl halides is 4. The Kier molecular flexibility index (Phi) is 11.4. The van der Waals surface area contributed by atoms with E-state index in [9.17, 15) is 0 Å². The summed E-state index contributed by atoms with van der Waals surface area (Å²) in [6.07, 6.45) is 6.80. The highest BCUT2D eigenvalue weighted by atomic mass is 35.5. The van der Waals surface area contributed by atoms with E-state index in [0.717, 1.165) is 25.7 Å². The molecule has 0 radical (unpaired) electrons. The molecule has 0 aliphatic heterocycles. The minimum atomic E-state index is -0.722. The van der Waals surface area contributed by atoms with Crippen molar-refractivity contribution in [1.29, 1.82) is 0 Å². The molecule has 128 valence electrons. The number of hydrogen-bond donors (Lipinski definition) is 0. The van der Waals surface area contributed by atoms with Crippen molar-refractivity contribution < 1.29 is 4.74 Å². The average Bonchev–Trinajstić information content (AvgIpc) is 2.38. The lowest BCUT2D eigenvalue weighted by atomic mass is 10.0. The molecule has 21 heavy (non-hydrogen) atoms. The Labute approximate surface area is 151 Å². The molecule has 0 bridgehead atoms. The van der Waals surface area contributed by atoms with Gasteiger partial charge in [-0.3, -0.25) is 0 Å². The zero-order valence-electron chi connectivity index (χ0n) is 13.7. The van der Waals surface area contributed by atoms with Crippen LogP contribution in [0.3, 0.4) is 0 Å². The molecular formula is C16H30Cl4O. The molecule has 0 aromatic rings. The van der Waals surface area contributed by atoms with Gasteiger partial charge in [-0.15, -0.1) is 46.4 Å². The number of rotatable bonds is 12. The Morgan fingerprint density at radius 2 is 1.05 bits per heavy atom. The summed E-state index contributed by atoms with van der Waals surface area (Å²) in [5.41, 5.74) is 0. The second-order valence-corrected chi connectivity index (χ2v) is 9.07. The molecule has 0 rings (SSSR count). The standard InChI is InChI=1S/C16H30Cl4O/c1-5-9-13(11-15(17,18)7-3)21-14(10-6-2)12-16(19,20)8-4/h13-14H,5-12H2,1-4H3. The first-order valence-electron chi connectivity index (χ1n) is 8.10. The Morgan fingerprint density at radius 1 is 0.714 bits per heavy atom. The van der Waals surface area contributed by atoms with Gasteiger partial charge in [0.15, 0.2) is 0 Å². The Morgan fingerprint density at radius 3 is 1.29 bits per heavy atom. The molecule has 0 spiro atoms. The van der Waals surface area contributed by atoms with Gasteiger partial charge in [-0.1, -0.05) is 40.5 Å². The van der Waals surface area contributed by atoms with Crippen LogP contribution in [0, 0.1) is 0 Å². The maximum Gasteiger partial charge on any atom is 0.120 e. The van der Waals surface area contributed by atoms with Crippen molar-refractivity contribution in [3.63, 3.8) is 0 Å². The summed E-state index contributed by atoms with van der Waals surface area (Å²) in [5.74, 6) is 0. The summed E-state index contributed by atoms with van der Waals surface area (Å²) in [7, 11) is 0. The topological polar surface area (TPSA) is 9.23 Å². The number of ether oxygens (including phenoxy) is 1. The molecule has 0 aliphatic carbocycles. The summed E-state index contributed by atoms with van der Waals surface area (Å²) < 4.78 is 4.83. The van der Waals surface area contributed by atoms with E-state index >= 15 is 0 Å². The van der Waals surface area contributed by atoms with Crippen LogP contribution in [0.25, 0.3) is 0 Å². The molecule has 0 N–H and O–H groups in total. The Balaban J connectivity index is 4.73. The predicted molar refractivity (Wildman–Crippen MR) is 97.2 cm³/mol. The lowest BCUT2D eigenvalue weighted by Crippen LogP contribution is -2.31. The van der Waals surface area contributed by atoms with Crippen LogP contribution in [0.2, 0.25) is 0 Å². The van der Waals surface area contributed by atoms with E-state index in [2.05, 4.69) is 13.8 Å². The zero-order valence-corrected chi connectivity index (χ0v) is 16.8. The lowest BCUT2D eigenvalue weighted by Gasteiger charge is -2.31. The maximum atomic E-state index is 6.31. The van der Waals surface area contributed by atoms with Gasteiger partial charge in [0.25, 0.3) is 0 Å². The van der Waals surface area contributed by atoms with Crippen molar-refractivity contribution in [1.82, 2.24) is 0 Å². The minimum Gasteiger partial charge on any atom is -0.375 e. The van der Waals surface area contributed by atoms with Gasteiger partial charge >= 0.3 is 0 Å². The second-order valence-electron chi connectivity index (χ2n) is 5.78. The van der Waals surface area contributed by atoms with Crippen molar-refractivity contribution in [3.05, 3.63) is 0 Å². The summed E-state index contributed by atoms with van der Waals surface area (Å²) in [5, 5.41) is 0. The first kappa shape index (κ1) is 22.1. The highest BCUT2D eigenvalue weighted by Gasteiger charge is 2.31. The van der Waals surface area contributed by atoms with Crippen LogP contribution in [-0.2, 0) is 4.74 Å². The molecule has 2 atom stereocenters. The van der Waals surface area contributed by atoms with Crippen molar-refractivity contribution >= 4 is 46.4 Å². The van der Waals surface area contributed by atoms with Crippen LogP contribution in [0.5, 0.6) is 0 Å². The van der Waals surface area contributed by atoms with Gasteiger partial charge in [0.2, 0.25) is 0 Å². The van der Waals surface area contributed by atoms with Gasteiger partial charge < -0.3 is 4.74 Å². The van der Waals surface area contributed by atoms with E-state index in [4.69, 9.17) is 51.1 Å². The summed E-state index contributed by atoms with van der Waals surface area (Å²) in [6, 6.07) is 0. The lowest BCUT2D eigenvalue weighted by molar-refractivity contribution is -0.0325. The average molecular weight is 380 g/mol. The van der Waals surface area contributed by atoms with Crippen molar-refractivity contribution in [2.75, 3.05) is 0 Å². The van der Waals surface area contributed by atoms with Gasteiger partial charge in [-0.25, -0.2) is 0 Å². The monoisotopic (exact) mass is 378 g/mol. The number of hydrogen-bond acceptors (Lipinski definition) is 1. The largest absolute Gasteiger partial charge is 0.375 e. The molecule has 1 nitrogen and oxygen atoms in total. The van der Waals surface area contributed by atoms with E-state index in [-0.39, 0.29) is 12.2 Å². The number of halogens is 4. The van der Waals surface area contributed by atoms with Gasteiger partial charge in [-0.05, 0) is 25.7 Å². The molecule has 0 amide bonds. The molecule has 0 aromatic heterocycles. The molecule has 0 saturated carbocycles. The van der Waals surface area contributed by atoms with Crippen LogP contribution in [0.1, 0.15) is 79.1 Å². The van der Waals surface area contributed by atoms with Crippen molar-refractivity contribution in [2.24, 2.45) is 0 Å². The first-order valence-corrected chi connectivity index (χ1v) is 9.61. The summed E-state index contributed by atoms with van der Waals surface area (Å²) >= 11 is 25.2. The molecule has 0 aromatic carbocycles. The SMILES string of the molecule is CCCC(CC(Cl)(Cl)CC)OC(CCC)CC(Cl)(Cl)CC. The van der Waals surface area contributed by atoms with Crippen molar-refractivity contribution in [2.45, 2.75) is 99.9 Å². The third-order valence-corrected chi connectivity index (χ3v) is 5.38. The van der Waals surface area contributed by atoms with Crippen LogP contribution < -0.4 is 0 Å². The van der Waals surface area contributed by atoms with Crippen LogP contribution in [-0.4, -0.2) is 20.9 Å². The molecule has 0 heterocycles. The Hall–Kier alpha value is 1.12.